The lowest BCUT2D eigenvalue weighted by Gasteiger charge is -2.25. The summed E-state index contributed by atoms with van der Waals surface area (Å²) in [6.45, 7) is 1.60. The van der Waals surface area contributed by atoms with Gasteiger partial charge in [0.2, 0.25) is 0 Å². The van der Waals surface area contributed by atoms with Gasteiger partial charge in [-0.05, 0) is 40.6 Å². The topological polar surface area (TPSA) is 75.6 Å². The zero-order chi connectivity index (χ0) is 19.7. The molecule has 1 amide bonds. The Morgan fingerprint density at radius 2 is 1.64 bits per heavy atom. The molecule has 3 aromatic rings. The van der Waals surface area contributed by atoms with Gasteiger partial charge in [0.1, 0.15) is 6.61 Å². The molecule has 5 nitrogen and oxygen atoms in total. The number of carboxylic acid groups (broad SMARTS) is 1. The van der Waals surface area contributed by atoms with Gasteiger partial charge in [-0.3, -0.25) is 0 Å². The molecule has 0 saturated heterocycles. The fourth-order valence-electron chi connectivity index (χ4n) is 3.62. The highest BCUT2D eigenvalue weighted by Gasteiger charge is 2.39. The molecule has 0 bridgehead atoms. The minimum Gasteiger partial charge on any atom is -0.479 e. The second-order valence-corrected chi connectivity index (χ2v) is 7.81. The second-order valence-electron chi connectivity index (χ2n) is 6.86. The number of rotatable bonds is 5. The molecule has 1 unspecified atom stereocenters. The SMILES string of the molecule is CC(NC(=O)OCC1c2ccccc2-c2ccccc21)(C(=O)O)c1cccs1. The monoisotopic (exact) mass is 393 g/mol. The van der Waals surface area contributed by atoms with E-state index in [1.807, 2.05) is 36.4 Å². The third kappa shape index (κ3) is 3.05. The average Bonchev–Trinajstić information content (AvgIpc) is 3.33. The predicted octanol–water partition coefficient (Wildman–Crippen LogP) is 4.59. The van der Waals surface area contributed by atoms with Gasteiger partial charge in [-0.15, -0.1) is 11.3 Å². The molecule has 1 atom stereocenters. The molecule has 28 heavy (non-hydrogen) atoms. The molecule has 1 aliphatic carbocycles. The van der Waals surface area contributed by atoms with Gasteiger partial charge < -0.3 is 15.2 Å². The van der Waals surface area contributed by atoms with E-state index in [4.69, 9.17) is 4.74 Å². The number of carbonyl (C=O) groups excluding carboxylic acids is 1. The van der Waals surface area contributed by atoms with E-state index in [1.165, 1.54) is 18.3 Å². The quantitative estimate of drug-likeness (QED) is 0.665. The van der Waals surface area contributed by atoms with Gasteiger partial charge in [-0.2, -0.15) is 0 Å². The Balaban J connectivity index is 1.52. The highest BCUT2D eigenvalue weighted by atomic mass is 32.1. The first-order valence-electron chi connectivity index (χ1n) is 8.91. The van der Waals surface area contributed by atoms with Gasteiger partial charge in [0, 0.05) is 10.8 Å². The maximum atomic E-state index is 12.4. The molecule has 4 rings (SSSR count). The number of nitrogens with one attached hydrogen (secondary N) is 1. The molecule has 0 saturated carbocycles. The minimum absolute atomic E-state index is 0.0732. The number of aliphatic carboxylic acids is 1. The van der Waals surface area contributed by atoms with Crippen LogP contribution in [0.4, 0.5) is 4.79 Å². The fourth-order valence-corrected chi connectivity index (χ4v) is 4.46. The Labute approximate surface area is 166 Å². The number of carbonyl (C=O) groups is 2. The van der Waals surface area contributed by atoms with Crippen molar-refractivity contribution in [3.63, 3.8) is 0 Å². The number of hydrogen-bond acceptors (Lipinski definition) is 4. The molecule has 142 valence electrons. The van der Waals surface area contributed by atoms with E-state index in [1.54, 1.807) is 17.5 Å². The van der Waals surface area contributed by atoms with Crippen LogP contribution < -0.4 is 5.32 Å². The van der Waals surface area contributed by atoms with Crippen molar-refractivity contribution in [2.75, 3.05) is 6.61 Å². The van der Waals surface area contributed by atoms with Gasteiger partial charge in [-0.1, -0.05) is 54.6 Å². The first-order valence-corrected chi connectivity index (χ1v) is 9.79. The zero-order valence-corrected chi connectivity index (χ0v) is 16.0. The normalized spacial score (nSPS) is 14.6. The van der Waals surface area contributed by atoms with Gasteiger partial charge in [0.25, 0.3) is 0 Å². The molecule has 0 fully saturated rings. The van der Waals surface area contributed by atoms with Crippen molar-refractivity contribution in [1.82, 2.24) is 5.32 Å². The molecular weight excluding hydrogens is 374 g/mol. The average molecular weight is 393 g/mol. The third-order valence-electron chi connectivity index (χ3n) is 5.14. The van der Waals surface area contributed by atoms with E-state index in [0.29, 0.717) is 4.88 Å². The Morgan fingerprint density at radius 3 is 2.18 bits per heavy atom. The van der Waals surface area contributed by atoms with Crippen molar-refractivity contribution in [2.45, 2.75) is 18.4 Å². The lowest BCUT2D eigenvalue weighted by Crippen LogP contribution is -2.49. The predicted molar refractivity (Wildman–Crippen MR) is 108 cm³/mol. The van der Waals surface area contributed by atoms with Crippen LogP contribution in [0.5, 0.6) is 0 Å². The zero-order valence-electron chi connectivity index (χ0n) is 15.2. The number of alkyl carbamates (subject to hydrolysis) is 1. The number of hydrogen-bond donors (Lipinski definition) is 2. The number of ether oxygens (including phenoxy) is 1. The highest BCUT2D eigenvalue weighted by molar-refractivity contribution is 7.10. The van der Waals surface area contributed by atoms with Crippen LogP contribution in [0.15, 0.2) is 66.0 Å². The summed E-state index contributed by atoms with van der Waals surface area (Å²) in [6, 6.07) is 19.5. The highest BCUT2D eigenvalue weighted by Crippen LogP contribution is 2.44. The van der Waals surface area contributed by atoms with Crippen molar-refractivity contribution in [2.24, 2.45) is 0 Å². The molecule has 2 aromatic carbocycles. The van der Waals surface area contributed by atoms with Crippen LogP contribution in [0.3, 0.4) is 0 Å². The number of benzene rings is 2. The summed E-state index contributed by atoms with van der Waals surface area (Å²) in [5.74, 6) is -1.21. The standard InChI is InChI=1S/C22H19NO4S/c1-22(20(24)25,19-11-6-12-28-19)23-21(26)27-13-18-16-9-4-2-7-14(16)15-8-3-5-10-17(15)18/h2-12,18H,13H2,1H3,(H,23,26)(H,24,25). The second kappa shape index (κ2) is 7.13. The van der Waals surface area contributed by atoms with Crippen molar-refractivity contribution < 1.29 is 19.4 Å². The Hall–Kier alpha value is -3.12. The van der Waals surface area contributed by atoms with Crippen LogP contribution in [0.2, 0.25) is 0 Å². The van der Waals surface area contributed by atoms with E-state index in [2.05, 4.69) is 17.4 Å². The third-order valence-corrected chi connectivity index (χ3v) is 6.23. The molecule has 1 heterocycles. The van der Waals surface area contributed by atoms with Crippen molar-refractivity contribution in [3.05, 3.63) is 82.0 Å². The summed E-state index contributed by atoms with van der Waals surface area (Å²) < 4.78 is 5.47. The number of thiophene rings is 1. The van der Waals surface area contributed by atoms with Crippen molar-refractivity contribution in [1.29, 1.82) is 0 Å². The van der Waals surface area contributed by atoms with Gasteiger partial charge in [-0.25, -0.2) is 9.59 Å². The van der Waals surface area contributed by atoms with Crippen LogP contribution in [0, 0.1) is 0 Å². The molecule has 0 aliphatic heterocycles. The van der Waals surface area contributed by atoms with Crippen LogP contribution in [-0.4, -0.2) is 23.8 Å². The molecule has 0 radical (unpaired) electrons. The molecule has 6 heteroatoms. The van der Waals surface area contributed by atoms with E-state index < -0.39 is 17.6 Å². The summed E-state index contributed by atoms with van der Waals surface area (Å²) in [7, 11) is 0. The van der Waals surface area contributed by atoms with E-state index in [0.717, 1.165) is 22.3 Å². The van der Waals surface area contributed by atoms with Crippen molar-refractivity contribution in [3.8, 4) is 11.1 Å². The molecular formula is C22H19NO4S. The lowest BCUT2D eigenvalue weighted by molar-refractivity contribution is -0.144. The molecule has 2 N–H and O–H groups in total. The van der Waals surface area contributed by atoms with Gasteiger partial charge >= 0.3 is 12.1 Å². The van der Waals surface area contributed by atoms with Crippen LogP contribution in [0.1, 0.15) is 28.8 Å². The van der Waals surface area contributed by atoms with Gasteiger partial charge in [0.05, 0.1) is 0 Å². The Bertz CT molecular complexity index is 985. The maximum absolute atomic E-state index is 12.4. The summed E-state index contributed by atoms with van der Waals surface area (Å²) >= 11 is 1.27. The largest absolute Gasteiger partial charge is 0.479 e. The van der Waals surface area contributed by atoms with Gasteiger partial charge in [0.15, 0.2) is 5.54 Å². The fraction of sp³-hybridized carbons (Fsp3) is 0.182. The Morgan fingerprint density at radius 1 is 1.04 bits per heavy atom. The summed E-state index contributed by atoms with van der Waals surface area (Å²) in [5.41, 5.74) is 2.96. The van der Waals surface area contributed by atoms with Crippen LogP contribution in [0.25, 0.3) is 11.1 Å². The maximum Gasteiger partial charge on any atom is 0.408 e. The first-order chi connectivity index (χ1) is 13.5. The van der Waals surface area contributed by atoms with E-state index in [-0.39, 0.29) is 12.5 Å². The van der Waals surface area contributed by atoms with E-state index >= 15 is 0 Å². The number of carboxylic acids is 1. The van der Waals surface area contributed by atoms with Crippen LogP contribution in [-0.2, 0) is 15.1 Å². The van der Waals surface area contributed by atoms with Crippen molar-refractivity contribution >= 4 is 23.4 Å². The van der Waals surface area contributed by atoms with E-state index in [9.17, 15) is 14.7 Å². The minimum atomic E-state index is -1.53. The van der Waals surface area contributed by atoms with Crippen LogP contribution >= 0.6 is 11.3 Å². The first kappa shape index (κ1) is 18.3. The molecule has 1 aliphatic rings. The molecule has 1 aromatic heterocycles. The Kier molecular flexibility index (Phi) is 4.65. The molecule has 0 spiro atoms. The lowest BCUT2D eigenvalue weighted by atomic mass is 9.98. The summed E-state index contributed by atoms with van der Waals surface area (Å²) in [6.07, 6.45) is -0.750. The smallest absolute Gasteiger partial charge is 0.408 e. The number of fused-ring (bicyclic) bond motifs is 3. The summed E-state index contributed by atoms with van der Waals surface area (Å²) in [5, 5.41) is 13.9. The number of amides is 1. The summed E-state index contributed by atoms with van der Waals surface area (Å²) in [4.78, 5) is 24.8.